The van der Waals surface area contributed by atoms with Crippen LogP contribution in [0.2, 0.25) is 0 Å². The average Bonchev–Trinajstić information content (AvgIpc) is 3.10. The van der Waals surface area contributed by atoms with E-state index in [2.05, 4.69) is 15.4 Å². The van der Waals surface area contributed by atoms with Crippen LogP contribution in [0.3, 0.4) is 0 Å². The molecule has 4 aromatic rings. The van der Waals surface area contributed by atoms with Crippen LogP contribution in [0.25, 0.3) is 16.7 Å². The number of aryl methyl sites for hydroxylation is 1. The molecule has 2 aromatic heterocycles. The first-order chi connectivity index (χ1) is 13.9. The molecule has 0 aliphatic heterocycles. The maximum atomic E-state index is 12.8. The SMILES string of the molecule is Cc1ccc(NC(=O)c2cnn(-c3ccc4ccccc4n3)c2C)c(C(=O)O)c1. The zero-order valence-corrected chi connectivity index (χ0v) is 15.9. The quantitative estimate of drug-likeness (QED) is 0.553. The predicted octanol–water partition coefficient (Wildman–Crippen LogP) is 3.99. The van der Waals surface area contributed by atoms with Crippen LogP contribution >= 0.6 is 0 Å². The number of carbonyl (C=O) groups excluding carboxylic acids is 1. The highest BCUT2D eigenvalue weighted by molar-refractivity contribution is 6.08. The summed E-state index contributed by atoms with van der Waals surface area (Å²) in [5, 5.41) is 17.4. The standard InChI is InChI=1S/C22H18N4O3/c1-13-7-9-19(16(11-13)22(28)29)25-21(27)17-12-23-26(14(17)2)20-10-8-15-5-3-4-6-18(15)24-20/h3-12H,1-2H3,(H,25,27)(H,28,29). The van der Waals surface area contributed by atoms with Gasteiger partial charge in [0.2, 0.25) is 0 Å². The molecule has 0 aliphatic carbocycles. The molecule has 2 aromatic carbocycles. The van der Waals surface area contributed by atoms with Gasteiger partial charge in [0, 0.05) is 5.39 Å². The molecule has 7 nitrogen and oxygen atoms in total. The number of hydrogen-bond donors (Lipinski definition) is 2. The molecular weight excluding hydrogens is 368 g/mol. The Morgan fingerprint density at radius 1 is 1.00 bits per heavy atom. The number of anilines is 1. The summed E-state index contributed by atoms with van der Waals surface area (Å²) < 4.78 is 1.59. The van der Waals surface area contributed by atoms with E-state index >= 15 is 0 Å². The molecule has 0 atom stereocenters. The lowest BCUT2D eigenvalue weighted by Gasteiger charge is -2.10. The molecule has 1 amide bonds. The minimum absolute atomic E-state index is 0.0413. The fourth-order valence-electron chi connectivity index (χ4n) is 3.17. The van der Waals surface area contributed by atoms with Crippen molar-refractivity contribution in [3.8, 4) is 5.82 Å². The maximum absolute atomic E-state index is 12.8. The van der Waals surface area contributed by atoms with E-state index in [-0.39, 0.29) is 11.3 Å². The van der Waals surface area contributed by atoms with Gasteiger partial charge in [-0.05, 0) is 44.2 Å². The lowest BCUT2D eigenvalue weighted by molar-refractivity contribution is 0.0698. The van der Waals surface area contributed by atoms with Crippen molar-refractivity contribution < 1.29 is 14.7 Å². The molecule has 4 rings (SSSR count). The first-order valence-corrected chi connectivity index (χ1v) is 9.00. The number of nitrogens with zero attached hydrogens (tertiary/aromatic N) is 3. The third kappa shape index (κ3) is 3.45. The van der Waals surface area contributed by atoms with E-state index in [1.165, 1.54) is 12.3 Å². The number of pyridine rings is 1. The van der Waals surface area contributed by atoms with E-state index in [0.717, 1.165) is 16.5 Å². The Labute approximate surface area is 166 Å². The van der Waals surface area contributed by atoms with E-state index in [0.29, 0.717) is 17.1 Å². The molecule has 144 valence electrons. The lowest BCUT2D eigenvalue weighted by atomic mass is 10.1. The van der Waals surface area contributed by atoms with Crippen LogP contribution in [-0.2, 0) is 0 Å². The highest BCUT2D eigenvalue weighted by Gasteiger charge is 2.19. The second-order valence-electron chi connectivity index (χ2n) is 6.73. The number of amides is 1. The Morgan fingerprint density at radius 3 is 2.59 bits per heavy atom. The molecule has 0 radical (unpaired) electrons. The van der Waals surface area contributed by atoms with Crippen molar-refractivity contribution in [2.45, 2.75) is 13.8 Å². The minimum Gasteiger partial charge on any atom is -0.478 e. The summed E-state index contributed by atoms with van der Waals surface area (Å²) in [6, 6.07) is 16.4. The number of carboxylic acid groups (broad SMARTS) is 1. The largest absolute Gasteiger partial charge is 0.478 e. The summed E-state index contributed by atoms with van der Waals surface area (Å²) in [6.07, 6.45) is 1.45. The predicted molar refractivity (Wildman–Crippen MR) is 110 cm³/mol. The number of aromatic nitrogens is 3. The Balaban J connectivity index is 1.66. The summed E-state index contributed by atoms with van der Waals surface area (Å²) >= 11 is 0. The molecule has 2 N–H and O–H groups in total. The number of nitrogens with one attached hydrogen (secondary N) is 1. The van der Waals surface area contributed by atoms with Gasteiger partial charge in [0.1, 0.15) is 0 Å². The Hall–Kier alpha value is -4.00. The Kier molecular flexibility index (Phi) is 4.56. The molecule has 0 fully saturated rings. The van der Waals surface area contributed by atoms with Crippen molar-refractivity contribution in [1.29, 1.82) is 0 Å². The molecule has 7 heteroatoms. The van der Waals surface area contributed by atoms with Gasteiger partial charge in [0.05, 0.1) is 34.2 Å². The van der Waals surface area contributed by atoms with Crippen molar-refractivity contribution in [1.82, 2.24) is 14.8 Å². The summed E-state index contributed by atoms with van der Waals surface area (Å²) in [5.74, 6) is -0.931. The number of aromatic carboxylic acids is 1. The number of hydrogen-bond acceptors (Lipinski definition) is 4. The van der Waals surface area contributed by atoms with Gasteiger partial charge < -0.3 is 10.4 Å². The van der Waals surface area contributed by atoms with Gasteiger partial charge in [-0.25, -0.2) is 14.5 Å². The van der Waals surface area contributed by atoms with Crippen molar-refractivity contribution >= 4 is 28.5 Å². The monoisotopic (exact) mass is 386 g/mol. The van der Waals surface area contributed by atoms with Gasteiger partial charge in [0.15, 0.2) is 5.82 Å². The highest BCUT2D eigenvalue weighted by atomic mass is 16.4. The maximum Gasteiger partial charge on any atom is 0.337 e. The van der Waals surface area contributed by atoms with Crippen molar-refractivity contribution in [3.05, 3.63) is 83.2 Å². The second kappa shape index (κ2) is 7.20. The van der Waals surface area contributed by atoms with Crippen LogP contribution < -0.4 is 5.32 Å². The van der Waals surface area contributed by atoms with E-state index in [9.17, 15) is 14.7 Å². The van der Waals surface area contributed by atoms with Crippen LogP contribution in [0.4, 0.5) is 5.69 Å². The molecule has 0 aliphatic rings. The normalized spacial score (nSPS) is 10.8. The number of rotatable bonds is 4. The average molecular weight is 386 g/mol. The molecule has 0 saturated carbocycles. The van der Waals surface area contributed by atoms with Crippen LogP contribution in [0.15, 0.2) is 60.8 Å². The van der Waals surface area contributed by atoms with Gasteiger partial charge >= 0.3 is 5.97 Å². The van der Waals surface area contributed by atoms with Crippen LogP contribution in [0.1, 0.15) is 32.0 Å². The van der Waals surface area contributed by atoms with E-state index in [1.54, 1.807) is 30.7 Å². The number of para-hydroxylation sites is 1. The molecule has 29 heavy (non-hydrogen) atoms. The first kappa shape index (κ1) is 18.4. The number of fused-ring (bicyclic) bond motifs is 1. The molecule has 0 spiro atoms. The van der Waals surface area contributed by atoms with Gasteiger partial charge in [0.25, 0.3) is 5.91 Å². The van der Waals surface area contributed by atoms with Crippen molar-refractivity contribution in [2.24, 2.45) is 0 Å². The fourth-order valence-corrected chi connectivity index (χ4v) is 3.17. The van der Waals surface area contributed by atoms with Gasteiger partial charge in [-0.15, -0.1) is 0 Å². The Bertz CT molecular complexity index is 1260. The molecule has 0 saturated heterocycles. The van der Waals surface area contributed by atoms with Gasteiger partial charge in [-0.1, -0.05) is 29.8 Å². The topological polar surface area (TPSA) is 97.1 Å². The summed E-state index contributed by atoms with van der Waals surface area (Å²) in [6.45, 7) is 3.56. The van der Waals surface area contributed by atoms with E-state index in [4.69, 9.17) is 0 Å². The number of carbonyl (C=O) groups is 2. The van der Waals surface area contributed by atoms with Gasteiger partial charge in [-0.2, -0.15) is 5.10 Å². The summed E-state index contributed by atoms with van der Waals surface area (Å²) in [4.78, 5) is 28.9. The summed E-state index contributed by atoms with van der Waals surface area (Å²) in [7, 11) is 0. The molecule has 2 heterocycles. The third-order valence-corrected chi connectivity index (χ3v) is 4.71. The highest BCUT2D eigenvalue weighted by Crippen LogP contribution is 2.21. The number of benzene rings is 2. The third-order valence-electron chi connectivity index (χ3n) is 4.71. The van der Waals surface area contributed by atoms with E-state index < -0.39 is 11.9 Å². The number of carboxylic acids is 1. The van der Waals surface area contributed by atoms with Crippen LogP contribution in [0.5, 0.6) is 0 Å². The van der Waals surface area contributed by atoms with Crippen molar-refractivity contribution in [3.63, 3.8) is 0 Å². The molecular formula is C22H18N4O3. The minimum atomic E-state index is -1.10. The van der Waals surface area contributed by atoms with Gasteiger partial charge in [-0.3, -0.25) is 4.79 Å². The zero-order chi connectivity index (χ0) is 20.5. The lowest BCUT2D eigenvalue weighted by Crippen LogP contribution is -2.16. The van der Waals surface area contributed by atoms with Crippen LogP contribution in [-0.4, -0.2) is 31.7 Å². The fraction of sp³-hybridized carbons (Fsp3) is 0.0909. The van der Waals surface area contributed by atoms with Crippen molar-refractivity contribution in [2.75, 3.05) is 5.32 Å². The second-order valence-corrected chi connectivity index (χ2v) is 6.73. The molecule has 0 unspecified atom stereocenters. The van der Waals surface area contributed by atoms with E-state index in [1.807, 2.05) is 36.4 Å². The Morgan fingerprint density at radius 2 is 1.79 bits per heavy atom. The zero-order valence-electron chi connectivity index (χ0n) is 15.9. The smallest absolute Gasteiger partial charge is 0.337 e. The van der Waals surface area contributed by atoms with Crippen LogP contribution in [0, 0.1) is 13.8 Å². The first-order valence-electron chi connectivity index (χ1n) is 9.00. The summed E-state index contributed by atoms with van der Waals surface area (Å²) in [5.41, 5.74) is 2.86. The molecule has 0 bridgehead atoms.